The molecule has 28 rings (SSSR count). The normalized spacial score (nSPS) is 12.1. The van der Waals surface area contributed by atoms with E-state index in [-0.39, 0.29) is 0 Å². The average molecular weight is 1690 g/mol. The minimum Gasteiger partial charge on any atom is -0.309 e. The molecule has 0 saturated heterocycles. The summed E-state index contributed by atoms with van der Waals surface area (Å²) in [7, 11) is 0. The molecular formula is C125H78N8. The van der Waals surface area contributed by atoms with E-state index in [0.29, 0.717) is 0 Å². The number of fused-ring (bicyclic) bond motifs is 21. The van der Waals surface area contributed by atoms with Gasteiger partial charge in [0, 0.05) is 104 Å². The standard InChI is InChI=1S/C125H78N8/c1-3-27-79(28-4-1)82-30-24-35-91(70-82)129-111-48-17-11-41-99(111)106-74-86(59-66-119(106)129)87-60-67-120-107(75-87)100-42-12-18-49-112(100)130(120)92-36-25-31-83(71-92)81-29-23-32-88(69-81)103-76-123-108(77-122(103)132-114-51-20-7-37-95(114)96-38-8-21-52-115(96)132)101-43-13-19-50-113(101)131(123)93-63-68-124(126-78-93)133-116-53-22-14-44-102(116)125-94(45-26-54-121(125)133)80-55-61-90(62-56-80)128-110-47-16-10-40-98(110)105-73-85(58-65-118(105)128)84-57-64-117-104(72-84)97-39-9-15-46-109(97)127(117)89-33-5-2-6-34-89/h1-78H. The maximum atomic E-state index is 5.53. The summed E-state index contributed by atoms with van der Waals surface area (Å²) in [4.78, 5) is 5.53. The van der Waals surface area contributed by atoms with E-state index >= 15 is 0 Å². The first-order valence-corrected chi connectivity index (χ1v) is 45.7. The molecule has 8 aromatic heterocycles. The molecule has 0 aliphatic carbocycles. The number of pyridine rings is 1. The third-order valence-electron chi connectivity index (χ3n) is 28.2. The van der Waals surface area contributed by atoms with Gasteiger partial charge in [-0.25, -0.2) is 4.98 Å². The zero-order chi connectivity index (χ0) is 87.0. The van der Waals surface area contributed by atoms with E-state index in [2.05, 4.69) is 505 Å². The maximum absolute atomic E-state index is 5.53. The predicted octanol–water partition coefficient (Wildman–Crippen LogP) is 32.8. The van der Waals surface area contributed by atoms with Gasteiger partial charge in [-0.05, 0) is 243 Å². The summed E-state index contributed by atoms with van der Waals surface area (Å²) >= 11 is 0. The van der Waals surface area contributed by atoms with Gasteiger partial charge in [-0.3, -0.25) is 4.57 Å². The average Bonchev–Trinajstić information content (AvgIpc) is 1.57. The molecular weight excluding hydrogens is 1610 g/mol. The van der Waals surface area contributed by atoms with Crippen LogP contribution in [-0.4, -0.2) is 37.0 Å². The Morgan fingerprint density at radius 1 is 0.135 bits per heavy atom. The molecule has 28 aromatic rings. The molecule has 0 spiro atoms. The van der Waals surface area contributed by atoms with Gasteiger partial charge in [-0.15, -0.1) is 0 Å². The second-order valence-electron chi connectivity index (χ2n) is 35.3. The molecule has 618 valence electrons. The van der Waals surface area contributed by atoms with Crippen molar-refractivity contribution >= 4 is 153 Å². The van der Waals surface area contributed by atoms with Crippen LogP contribution in [0.25, 0.3) is 259 Å². The van der Waals surface area contributed by atoms with Crippen molar-refractivity contribution in [2.45, 2.75) is 0 Å². The van der Waals surface area contributed by atoms with Crippen LogP contribution in [-0.2, 0) is 0 Å². The van der Waals surface area contributed by atoms with Gasteiger partial charge in [0.1, 0.15) is 5.82 Å². The molecule has 0 fully saturated rings. The molecule has 0 bridgehead atoms. The van der Waals surface area contributed by atoms with E-state index < -0.39 is 0 Å². The SMILES string of the molecule is c1ccc(-c2cccc(-n3c4ccccc4c4cc(-c5ccc6c(c5)c5ccccc5n6-c5cccc(-c6cccc(-c7cc8c(cc7-n7c9ccccc9c9ccccc97)c7ccccc7n8-c7ccc(-n8c9ccccc9c9c(-c%10ccc(-n%11c%12ccccc%12c%12cc(-c%13ccc%14c(c%13)c%13ccccc%13n%14-c%13ccccc%13)ccc%12%11)cc%10)cccc98)nc7)c6)c5)ccc43)c2)cc1. The van der Waals surface area contributed by atoms with E-state index in [1.54, 1.807) is 0 Å². The van der Waals surface area contributed by atoms with Gasteiger partial charge in [0.25, 0.3) is 0 Å². The Kier molecular flexibility index (Phi) is 16.4. The maximum Gasteiger partial charge on any atom is 0.137 e. The van der Waals surface area contributed by atoms with Gasteiger partial charge in [0.2, 0.25) is 0 Å². The molecule has 0 radical (unpaired) electrons. The Balaban J connectivity index is 0.528. The molecule has 8 nitrogen and oxygen atoms in total. The van der Waals surface area contributed by atoms with Gasteiger partial charge in [-0.1, -0.05) is 285 Å². The number of nitrogens with zero attached hydrogens (tertiary/aromatic N) is 8. The van der Waals surface area contributed by atoms with Crippen LogP contribution >= 0.6 is 0 Å². The lowest BCUT2D eigenvalue weighted by atomic mass is 9.96. The molecule has 0 N–H and O–H groups in total. The molecule has 0 saturated carbocycles. The lowest BCUT2D eigenvalue weighted by Gasteiger charge is -2.17. The Morgan fingerprint density at radius 3 is 0.895 bits per heavy atom. The molecule has 8 heterocycles. The molecule has 20 aromatic carbocycles. The van der Waals surface area contributed by atoms with Crippen molar-refractivity contribution in [3.05, 3.63) is 473 Å². The lowest BCUT2D eigenvalue weighted by Crippen LogP contribution is -2.01. The molecule has 8 heteroatoms. The van der Waals surface area contributed by atoms with Gasteiger partial charge in [-0.2, -0.15) is 0 Å². The minimum atomic E-state index is 0.837. The van der Waals surface area contributed by atoms with E-state index in [1.165, 1.54) is 126 Å². The Labute approximate surface area is 764 Å². The number of rotatable bonds is 13. The highest BCUT2D eigenvalue weighted by Crippen LogP contribution is 2.48. The Morgan fingerprint density at radius 2 is 0.436 bits per heavy atom. The zero-order valence-corrected chi connectivity index (χ0v) is 72.1. The smallest absolute Gasteiger partial charge is 0.137 e. The van der Waals surface area contributed by atoms with Crippen molar-refractivity contribution in [1.29, 1.82) is 0 Å². The van der Waals surface area contributed by atoms with Crippen molar-refractivity contribution in [1.82, 2.24) is 37.0 Å². The fraction of sp³-hybridized carbons (Fsp3) is 0. The molecule has 0 aliphatic heterocycles. The third-order valence-corrected chi connectivity index (χ3v) is 28.2. The minimum absolute atomic E-state index is 0.837. The van der Waals surface area contributed by atoms with Crippen LogP contribution in [0.1, 0.15) is 0 Å². The van der Waals surface area contributed by atoms with Crippen molar-refractivity contribution in [3.63, 3.8) is 0 Å². The quantitative estimate of drug-likeness (QED) is 0.113. The van der Waals surface area contributed by atoms with Crippen LogP contribution in [0.5, 0.6) is 0 Å². The topological polar surface area (TPSA) is 47.4 Å². The van der Waals surface area contributed by atoms with Crippen molar-refractivity contribution < 1.29 is 0 Å². The van der Waals surface area contributed by atoms with Crippen LogP contribution in [0, 0.1) is 0 Å². The number of aromatic nitrogens is 8. The van der Waals surface area contributed by atoms with Gasteiger partial charge >= 0.3 is 0 Å². The van der Waals surface area contributed by atoms with Crippen molar-refractivity contribution in [2.75, 3.05) is 0 Å². The van der Waals surface area contributed by atoms with Crippen LogP contribution in [0.2, 0.25) is 0 Å². The summed E-state index contributed by atoms with van der Waals surface area (Å²) in [6, 6.07) is 173. The Bertz CT molecular complexity index is 9650. The van der Waals surface area contributed by atoms with Crippen molar-refractivity contribution in [2.24, 2.45) is 0 Å². The monoisotopic (exact) mass is 1690 g/mol. The van der Waals surface area contributed by atoms with Crippen LogP contribution in [0.4, 0.5) is 0 Å². The second-order valence-corrected chi connectivity index (χ2v) is 35.3. The summed E-state index contributed by atoms with van der Waals surface area (Å²) < 4.78 is 16.9. The summed E-state index contributed by atoms with van der Waals surface area (Å²) in [5.41, 5.74) is 36.5. The van der Waals surface area contributed by atoms with E-state index in [1.807, 2.05) is 0 Å². The largest absolute Gasteiger partial charge is 0.309 e. The van der Waals surface area contributed by atoms with E-state index in [4.69, 9.17) is 4.98 Å². The summed E-state index contributed by atoms with van der Waals surface area (Å²) in [6.07, 6.45) is 2.07. The first-order valence-electron chi connectivity index (χ1n) is 45.7. The van der Waals surface area contributed by atoms with Gasteiger partial charge < -0.3 is 27.4 Å². The lowest BCUT2D eigenvalue weighted by molar-refractivity contribution is 1.05. The fourth-order valence-electron chi connectivity index (χ4n) is 22.3. The van der Waals surface area contributed by atoms with E-state index in [0.717, 1.165) is 134 Å². The first kappa shape index (κ1) is 74.3. The fourth-order valence-corrected chi connectivity index (χ4v) is 22.3. The van der Waals surface area contributed by atoms with Crippen LogP contribution < -0.4 is 0 Å². The number of hydrogen-bond donors (Lipinski definition) is 0. The molecule has 0 unspecified atom stereocenters. The third kappa shape index (κ3) is 11.4. The molecule has 133 heavy (non-hydrogen) atoms. The highest BCUT2D eigenvalue weighted by atomic mass is 15.1. The number of para-hydroxylation sites is 9. The highest BCUT2D eigenvalue weighted by molar-refractivity contribution is 6.20. The number of benzene rings is 20. The van der Waals surface area contributed by atoms with E-state index in [9.17, 15) is 0 Å². The van der Waals surface area contributed by atoms with Gasteiger partial charge in [0.15, 0.2) is 0 Å². The van der Waals surface area contributed by atoms with Crippen LogP contribution in [0.3, 0.4) is 0 Å². The predicted molar refractivity (Wildman–Crippen MR) is 557 cm³/mol. The summed E-state index contributed by atoms with van der Waals surface area (Å²) in [6.45, 7) is 0. The summed E-state index contributed by atoms with van der Waals surface area (Å²) in [5.74, 6) is 0.837. The Hall–Kier alpha value is -17.9. The summed E-state index contributed by atoms with van der Waals surface area (Å²) in [5, 5.41) is 16.9. The van der Waals surface area contributed by atoms with Crippen molar-refractivity contribution in [3.8, 4) is 107 Å². The number of hydrogen-bond acceptors (Lipinski definition) is 1. The molecule has 0 aliphatic rings. The first-order chi connectivity index (χ1) is 66.0. The highest BCUT2D eigenvalue weighted by Gasteiger charge is 2.26. The van der Waals surface area contributed by atoms with Crippen LogP contribution in [0.15, 0.2) is 473 Å². The second kappa shape index (κ2) is 29.3. The van der Waals surface area contributed by atoms with Gasteiger partial charge in [0.05, 0.1) is 94.8 Å². The zero-order valence-electron chi connectivity index (χ0n) is 72.1. The molecule has 0 amide bonds. The molecule has 0 atom stereocenters.